The Balaban J connectivity index is 2.27. The minimum atomic E-state index is 0.239. The number of aromatic amines is 1. The van der Waals surface area contributed by atoms with Gasteiger partial charge in [-0.15, -0.1) is 0 Å². The minimum absolute atomic E-state index is 0.239. The fourth-order valence-electron chi connectivity index (χ4n) is 1.32. The van der Waals surface area contributed by atoms with Crippen LogP contribution < -0.4 is 5.32 Å². The molecule has 0 saturated carbocycles. The molecule has 0 amide bonds. The Bertz CT molecular complexity index is 453. The van der Waals surface area contributed by atoms with Crippen molar-refractivity contribution in [1.82, 2.24) is 20.2 Å². The number of nitrogens with one attached hydrogen (secondary N) is 2. The number of fused-ring (bicyclic) bond motifs is 1. The van der Waals surface area contributed by atoms with E-state index in [0.29, 0.717) is 5.82 Å². The molecule has 0 aliphatic rings. The first-order valence-corrected chi connectivity index (χ1v) is 5.30. The summed E-state index contributed by atoms with van der Waals surface area (Å²) in [5, 5.41) is 10.2. The summed E-state index contributed by atoms with van der Waals surface area (Å²) < 4.78 is 0. The monoisotopic (exact) mass is 225 g/mol. The van der Waals surface area contributed by atoms with Gasteiger partial charge in [0.1, 0.15) is 5.52 Å². The predicted octanol–water partition coefficient (Wildman–Crippen LogP) is 2.22. The van der Waals surface area contributed by atoms with Crippen molar-refractivity contribution in [2.45, 2.75) is 19.8 Å². The molecule has 0 bridgehead atoms. The predicted molar refractivity (Wildman–Crippen MR) is 60.1 cm³/mol. The smallest absolute Gasteiger partial charge is 0.225 e. The molecule has 0 fully saturated rings. The van der Waals surface area contributed by atoms with Gasteiger partial charge in [-0.2, -0.15) is 10.1 Å². The molecule has 0 aliphatic heterocycles. The van der Waals surface area contributed by atoms with Crippen LogP contribution in [0.3, 0.4) is 0 Å². The SMILES string of the molecule is CCCCNc1nc(Cl)nc2c[nH]nc12. The fourth-order valence-corrected chi connectivity index (χ4v) is 1.50. The van der Waals surface area contributed by atoms with E-state index in [1.807, 2.05) is 0 Å². The molecule has 6 heteroatoms. The van der Waals surface area contributed by atoms with E-state index >= 15 is 0 Å². The number of hydrogen-bond acceptors (Lipinski definition) is 4. The molecule has 2 heterocycles. The normalized spacial score (nSPS) is 10.8. The second-order valence-corrected chi connectivity index (χ2v) is 3.58. The van der Waals surface area contributed by atoms with Gasteiger partial charge in [-0.25, -0.2) is 4.98 Å². The van der Waals surface area contributed by atoms with Crippen LogP contribution in [0.1, 0.15) is 19.8 Å². The molecule has 0 saturated heterocycles. The number of aromatic nitrogens is 4. The van der Waals surface area contributed by atoms with Gasteiger partial charge in [0.2, 0.25) is 5.28 Å². The second-order valence-electron chi connectivity index (χ2n) is 3.24. The van der Waals surface area contributed by atoms with Crippen molar-refractivity contribution < 1.29 is 0 Å². The van der Waals surface area contributed by atoms with Gasteiger partial charge in [-0.1, -0.05) is 13.3 Å². The van der Waals surface area contributed by atoms with Crippen molar-refractivity contribution >= 4 is 28.5 Å². The zero-order valence-electron chi connectivity index (χ0n) is 8.42. The second kappa shape index (κ2) is 4.44. The number of halogens is 1. The van der Waals surface area contributed by atoms with E-state index in [1.54, 1.807) is 6.20 Å². The van der Waals surface area contributed by atoms with Crippen molar-refractivity contribution in [2.75, 3.05) is 11.9 Å². The third kappa shape index (κ3) is 2.18. The van der Waals surface area contributed by atoms with E-state index in [-0.39, 0.29) is 5.28 Å². The highest BCUT2D eigenvalue weighted by Gasteiger charge is 2.07. The zero-order chi connectivity index (χ0) is 10.7. The number of rotatable bonds is 4. The van der Waals surface area contributed by atoms with Crippen LogP contribution >= 0.6 is 11.6 Å². The average Bonchev–Trinajstić information content (AvgIpc) is 2.65. The van der Waals surface area contributed by atoms with Crippen molar-refractivity contribution in [3.63, 3.8) is 0 Å². The zero-order valence-corrected chi connectivity index (χ0v) is 9.17. The molecule has 2 aromatic heterocycles. The van der Waals surface area contributed by atoms with Crippen LogP contribution in [0.5, 0.6) is 0 Å². The topological polar surface area (TPSA) is 66.5 Å². The molecule has 2 aromatic rings. The van der Waals surface area contributed by atoms with E-state index in [2.05, 4.69) is 32.4 Å². The van der Waals surface area contributed by atoms with E-state index in [9.17, 15) is 0 Å². The lowest BCUT2D eigenvalue weighted by molar-refractivity contribution is 0.831. The van der Waals surface area contributed by atoms with Gasteiger partial charge in [0.15, 0.2) is 11.3 Å². The summed E-state index contributed by atoms with van der Waals surface area (Å²) in [6.45, 7) is 3.00. The molecule has 0 unspecified atom stereocenters. The number of nitrogens with zero attached hydrogens (tertiary/aromatic N) is 3. The third-order valence-corrected chi connectivity index (χ3v) is 2.25. The van der Waals surface area contributed by atoms with Gasteiger partial charge >= 0.3 is 0 Å². The first-order chi connectivity index (χ1) is 7.31. The molecule has 0 atom stereocenters. The average molecular weight is 226 g/mol. The molecular formula is C9H12ClN5. The van der Waals surface area contributed by atoms with E-state index in [0.717, 1.165) is 30.4 Å². The Morgan fingerprint density at radius 1 is 1.47 bits per heavy atom. The summed E-state index contributed by atoms with van der Waals surface area (Å²) >= 11 is 5.79. The maximum Gasteiger partial charge on any atom is 0.225 e. The summed E-state index contributed by atoms with van der Waals surface area (Å²) in [6, 6.07) is 0. The lowest BCUT2D eigenvalue weighted by Gasteiger charge is -2.04. The van der Waals surface area contributed by atoms with E-state index in [4.69, 9.17) is 11.6 Å². The molecule has 0 aromatic carbocycles. The lowest BCUT2D eigenvalue weighted by Crippen LogP contribution is -2.04. The quantitative estimate of drug-likeness (QED) is 0.619. The fraction of sp³-hybridized carbons (Fsp3) is 0.444. The lowest BCUT2D eigenvalue weighted by atomic mass is 10.3. The molecule has 2 N–H and O–H groups in total. The van der Waals surface area contributed by atoms with E-state index < -0.39 is 0 Å². The molecule has 80 valence electrons. The molecule has 0 aliphatic carbocycles. The Morgan fingerprint density at radius 3 is 3.13 bits per heavy atom. The third-order valence-electron chi connectivity index (χ3n) is 2.08. The highest BCUT2D eigenvalue weighted by Crippen LogP contribution is 2.19. The van der Waals surface area contributed by atoms with Crippen molar-refractivity contribution in [3.05, 3.63) is 11.5 Å². The first kappa shape index (κ1) is 10.2. The van der Waals surface area contributed by atoms with Crippen LogP contribution in [0.2, 0.25) is 5.28 Å². The summed E-state index contributed by atoms with van der Waals surface area (Å²) in [4.78, 5) is 8.15. The number of hydrogen-bond donors (Lipinski definition) is 2. The van der Waals surface area contributed by atoms with Crippen LogP contribution in [0.4, 0.5) is 5.82 Å². The maximum absolute atomic E-state index is 5.79. The molecule has 0 spiro atoms. The van der Waals surface area contributed by atoms with Gasteiger partial charge in [-0.05, 0) is 18.0 Å². The molecular weight excluding hydrogens is 214 g/mol. The minimum Gasteiger partial charge on any atom is -0.368 e. The Morgan fingerprint density at radius 2 is 2.33 bits per heavy atom. The Hall–Kier alpha value is -1.36. The van der Waals surface area contributed by atoms with Crippen molar-refractivity contribution in [2.24, 2.45) is 0 Å². The van der Waals surface area contributed by atoms with Crippen LogP contribution in [0.15, 0.2) is 6.20 Å². The van der Waals surface area contributed by atoms with E-state index in [1.165, 1.54) is 0 Å². The largest absolute Gasteiger partial charge is 0.368 e. The van der Waals surface area contributed by atoms with Gasteiger partial charge < -0.3 is 5.32 Å². The Labute approximate surface area is 92.3 Å². The summed E-state index contributed by atoms with van der Waals surface area (Å²) in [7, 11) is 0. The highest BCUT2D eigenvalue weighted by molar-refractivity contribution is 6.28. The molecule has 2 rings (SSSR count). The van der Waals surface area contributed by atoms with Gasteiger partial charge in [0.25, 0.3) is 0 Å². The van der Waals surface area contributed by atoms with Gasteiger partial charge in [0.05, 0.1) is 0 Å². The van der Waals surface area contributed by atoms with Gasteiger partial charge in [-0.3, -0.25) is 5.10 Å². The van der Waals surface area contributed by atoms with Crippen LogP contribution in [0, 0.1) is 0 Å². The van der Waals surface area contributed by atoms with Crippen LogP contribution in [0.25, 0.3) is 11.0 Å². The first-order valence-electron chi connectivity index (χ1n) is 4.92. The van der Waals surface area contributed by atoms with Crippen molar-refractivity contribution in [3.8, 4) is 0 Å². The number of anilines is 1. The molecule has 5 nitrogen and oxygen atoms in total. The van der Waals surface area contributed by atoms with Crippen LogP contribution in [-0.2, 0) is 0 Å². The van der Waals surface area contributed by atoms with Gasteiger partial charge in [0, 0.05) is 12.7 Å². The maximum atomic E-state index is 5.79. The summed E-state index contributed by atoms with van der Waals surface area (Å²) in [5.41, 5.74) is 1.46. The molecule has 15 heavy (non-hydrogen) atoms. The summed E-state index contributed by atoms with van der Waals surface area (Å²) in [5.74, 6) is 0.694. The standard InChI is InChI=1S/C9H12ClN5/c1-2-3-4-11-8-7-6(5-12-15-7)13-9(10)14-8/h5H,2-4H2,1H3,(H,12,15)(H,11,13,14). The summed E-state index contributed by atoms with van der Waals surface area (Å²) in [6.07, 6.45) is 3.93. The molecule has 0 radical (unpaired) electrons. The van der Waals surface area contributed by atoms with Crippen molar-refractivity contribution in [1.29, 1.82) is 0 Å². The highest BCUT2D eigenvalue weighted by atomic mass is 35.5. The Kier molecular flexibility index (Phi) is 3.01. The number of H-pyrrole nitrogens is 1. The number of unbranched alkanes of at least 4 members (excludes halogenated alkanes) is 1. The van der Waals surface area contributed by atoms with Crippen LogP contribution in [-0.4, -0.2) is 26.7 Å².